The number of nitrogens with zero attached hydrogens (tertiary/aromatic N) is 1. The third-order valence-corrected chi connectivity index (χ3v) is 5.22. The Hall–Kier alpha value is -3.70. The molecule has 0 saturated heterocycles. The Labute approximate surface area is 181 Å². The minimum Gasteiger partial charge on any atom is -0.348 e. The molecule has 0 aliphatic rings. The predicted octanol–water partition coefficient (Wildman–Crippen LogP) is 4.19. The second-order valence-electron chi connectivity index (χ2n) is 7.87. The summed E-state index contributed by atoms with van der Waals surface area (Å²) >= 11 is 0. The Kier molecular flexibility index (Phi) is 5.96. The molecule has 0 atom stereocenters. The van der Waals surface area contributed by atoms with Gasteiger partial charge in [-0.2, -0.15) is 0 Å². The van der Waals surface area contributed by atoms with E-state index < -0.39 is 0 Å². The molecule has 4 aromatic rings. The Bertz CT molecular complexity index is 1270. The van der Waals surface area contributed by atoms with Crippen LogP contribution in [-0.4, -0.2) is 29.9 Å². The molecule has 1 aromatic heterocycles. The number of rotatable bonds is 6. The summed E-state index contributed by atoms with van der Waals surface area (Å²) in [4.78, 5) is 30.0. The summed E-state index contributed by atoms with van der Waals surface area (Å²) in [6.07, 6.45) is 0. The van der Waals surface area contributed by atoms with Gasteiger partial charge in [0.05, 0.1) is 0 Å². The molecular weight excluding hydrogens is 386 g/mol. The van der Waals surface area contributed by atoms with Crippen LogP contribution in [-0.2, 0) is 13.1 Å². The van der Waals surface area contributed by atoms with E-state index in [-0.39, 0.29) is 17.0 Å². The van der Waals surface area contributed by atoms with Crippen molar-refractivity contribution in [2.75, 3.05) is 14.1 Å². The van der Waals surface area contributed by atoms with Gasteiger partial charge in [0.2, 0.25) is 0 Å². The minimum atomic E-state index is -0.388. The number of nitrogens with one attached hydrogen (secondary N) is 2. The Morgan fingerprint density at radius 1 is 0.935 bits per heavy atom. The molecule has 156 valence electrons. The summed E-state index contributed by atoms with van der Waals surface area (Å²) < 4.78 is 0. The summed E-state index contributed by atoms with van der Waals surface area (Å²) in [5, 5.41) is 3.73. The maximum atomic E-state index is 12.7. The van der Waals surface area contributed by atoms with E-state index in [9.17, 15) is 9.59 Å². The molecule has 0 fully saturated rings. The number of aromatic amines is 1. The number of carbonyl (C=O) groups excluding carboxylic acids is 1. The van der Waals surface area contributed by atoms with E-state index in [0.29, 0.717) is 12.1 Å². The molecule has 0 saturated carbocycles. The molecule has 0 aliphatic carbocycles. The largest absolute Gasteiger partial charge is 0.348 e. The van der Waals surface area contributed by atoms with Crippen LogP contribution in [0.4, 0.5) is 0 Å². The fraction of sp³-hybridized carbons (Fsp3) is 0.154. The number of carbonyl (C=O) groups is 1. The lowest BCUT2D eigenvalue weighted by Gasteiger charge is -2.13. The van der Waals surface area contributed by atoms with E-state index in [0.717, 1.165) is 28.6 Å². The highest BCUT2D eigenvalue weighted by Crippen LogP contribution is 2.24. The van der Waals surface area contributed by atoms with Gasteiger partial charge in [0.1, 0.15) is 5.56 Å². The quantitative estimate of drug-likeness (QED) is 0.500. The number of hydrogen-bond donors (Lipinski definition) is 2. The third-order valence-electron chi connectivity index (χ3n) is 5.22. The zero-order valence-corrected chi connectivity index (χ0v) is 17.7. The van der Waals surface area contributed by atoms with Crippen molar-refractivity contribution in [3.63, 3.8) is 0 Å². The van der Waals surface area contributed by atoms with E-state index in [1.54, 1.807) is 6.07 Å². The van der Waals surface area contributed by atoms with Gasteiger partial charge in [-0.3, -0.25) is 9.59 Å². The van der Waals surface area contributed by atoms with Crippen molar-refractivity contribution in [1.29, 1.82) is 0 Å². The summed E-state index contributed by atoms with van der Waals surface area (Å²) in [5.41, 5.74) is 4.84. The number of fused-ring (bicyclic) bond motifs is 1. The van der Waals surface area contributed by atoms with Crippen LogP contribution in [0.25, 0.3) is 22.0 Å². The van der Waals surface area contributed by atoms with E-state index in [1.165, 1.54) is 5.56 Å². The summed E-state index contributed by atoms with van der Waals surface area (Å²) in [5.74, 6) is -0.386. The van der Waals surface area contributed by atoms with Crippen molar-refractivity contribution in [2.45, 2.75) is 13.1 Å². The lowest BCUT2D eigenvalue weighted by Crippen LogP contribution is -2.29. The number of pyridine rings is 1. The van der Waals surface area contributed by atoms with Crippen molar-refractivity contribution in [3.8, 4) is 11.1 Å². The summed E-state index contributed by atoms with van der Waals surface area (Å²) in [7, 11) is 4.10. The first-order valence-electron chi connectivity index (χ1n) is 10.2. The highest BCUT2D eigenvalue weighted by Gasteiger charge is 2.13. The van der Waals surface area contributed by atoms with Gasteiger partial charge in [-0.15, -0.1) is 0 Å². The smallest absolute Gasteiger partial charge is 0.261 e. The van der Waals surface area contributed by atoms with Crippen molar-refractivity contribution >= 4 is 16.8 Å². The maximum absolute atomic E-state index is 12.7. The average Bonchev–Trinajstić information content (AvgIpc) is 2.77. The SMILES string of the molecule is CN(C)Cc1ccc(-c2ccccc2CNC(=O)c2cc3ccccc3[nH]c2=O)cc1. The van der Waals surface area contributed by atoms with Crippen LogP contribution in [0.3, 0.4) is 0 Å². The minimum absolute atomic E-state index is 0.115. The second kappa shape index (κ2) is 8.98. The lowest BCUT2D eigenvalue weighted by atomic mass is 9.98. The highest BCUT2D eigenvalue weighted by molar-refractivity contribution is 5.97. The molecule has 0 radical (unpaired) electrons. The van der Waals surface area contributed by atoms with Crippen LogP contribution in [0.2, 0.25) is 0 Å². The monoisotopic (exact) mass is 411 g/mol. The standard InChI is InChI=1S/C26H25N3O2/c1-29(2)17-18-11-13-19(14-12-18)22-9-5-3-8-21(22)16-27-25(30)23-15-20-7-4-6-10-24(20)28-26(23)31/h3-15H,16-17H2,1-2H3,(H,27,30)(H,28,31). The highest BCUT2D eigenvalue weighted by atomic mass is 16.2. The first kappa shape index (κ1) is 20.6. The Morgan fingerprint density at radius 2 is 1.65 bits per heavy atom. The van der Waals surface area contributed by atoms with Crippen molar-refractivity contribution in [2.24, 2.45) is 0 Å². The molecule has 0 bridgehead atoms. The molecule has 1 amide bonds. The third kappa shape index (κ3) is 4.73. The molecule has 1 heterocycles. The first-order chi connectivity index (χ1) is 15.0. The number of hydrogen-bond acceptors (Lipinski definition) is 3. The van der Waals surface area contributed by atoms with Crippen molar-refractivity contribution < 1.29 is 4.79 Å². The molecule has 5 nitrogen and oxygen atoms in total. The van der Waals surface area contributed by atoms with Gasteiger partial charge in [-0.05, 0) is 53.9 Å². The van der Waals surface area contributed by atoms with Crippen LogP contribution in [0.1, 0.15) is 21.5 Å². The molecule has 4 rings (SSSR count). The number of amides is 1. The van der Waals surface area contributed by atoms with E-state index in [4.69, 9.17) is 0 Å². The normalized spacial score (nSPS) is 11.1. The lowest BCUT2D eigenvalue weighted by molar-refractivity contribution is 0.0949. The predicted molar refractivity (Wildman–Crippen MR) is 125 cm³/mol. The van der Waals surface area contributed by atoms with Crippen molar-refractivity contribution in [1.82, 2.24) is 15.2 Å². The van der Waals surface area contributed by atoms with Crippen LogP contribution < -0.4 is 10.9 Å². The molecule has 2 N–H and O–H groups in total. The zero-order chi connectivity index (χ0) is 21.8. The molecule has 3 aromatic carbocycles. The number of aromatic nitrogens is 1. The van der Waals surface area contributed by atoms with Gasteiger partial charge < -0.3 is 15.2 Å². The summed E-state index contributed by atoms with van der Waals surface area (Å²) in [6, 6.07) is 25.5. The maximum Gasteiger partial charge on any atom is 0.261 e. The Balaban J connectivity index is 1.54. The fourth-order valence-electron chi connectivity index (χ4n) is 3.70. The number of benzene rings is 3. The topological polar surface area (TPSA) is 65.2 Å². The van der Waals surface area contributed by atoms with Gasteiger partial charge in [0.15, 0.2) is 0 Å². The zero-order valence-electron chi connectivity index (χ0n) is 17.7. The van der Waals surface area contributed by atoms with E-state index in [1.807, 2.05) is 62.6 Å². The molecule has 31 heavy (non-hydrogen) atoms. The van der Waals surface area contributed by atoms with Gasteiger partial charge in [0, 0.05) is 18.6 Å². The molecular formula is C26H25N3O2. The fourth-order valence-corrected chi connectivity index (χ4v) is 3.70. The van der Waals surface area contributed by atoms with Crippen LogP contribution in [0.15, 0.2) is 83.7 Å². The van der Waals surface area contributed by atoms with Crippen molar-refractivity contribution in [3.05, 3.63) is 106 Å². The summed E-state index contributed by atoms with van der Waals surface area (Å²) in [6.45, 7) is 1.22. The van der Waals surface area contributed by atoms with Gasteiger partial charge >= 0.3 is 0 Å². The number of H-pyrrole nitrogens is 1. The molecule has 0 aliphatic heterocycles. The van der Waals surface area contributed by atoms with E-state index >= 15 is 0 Å². The number of para-hydroxylation sites is 1. The van der Waals surface area contributed by atoms with Crippen LogP contribution in [0, 0.1) is 0 Å². The van der Waals surface area contributed by atoms with Gasteiger partial charge in [-0.1, -0.05) is 66.7 Å². The first-order valence-corrected chi connectivity index (χ1v) is 10.2. The molecule has 0 spiro atoms. The average molecular weight is 412 g/mol. The van der Waals surface area contributed by atoms with Crippen LogP contribution in [0.5, 0.6) is 0 Å². The van der Waals surface area contributed by atoms with Crippen LogP contribution >= 0.6 is 0 Å². The second-order valence-corrected chi connectivity index (χ2v) is 7.87. The van der Waals surface area contributed by atoms with E-state index in [2.05, 4.69) is 39.5 Å². The molecule has 0 unspecified atom stereocenters. The Morgan fingerprint density at radius 3 is 2.42 bits per heavy atom. The molecule has 5 heteroatoms. The van der Waals surface area contributed by atoms with Gasteiger partial charge in [0.25, 0.3) is 11.5 Å². The van der Waals surface area contributed by atoms with Gasteiger partial charge in [-0.25, -0.2) is 0 Å².